The second kappa shape index (κ2) is 6.37. The van der Waals surface area contributed by atoms with Crippen molar-refractivity contribution in [1.82, 2.24) is 4.90 Å². The van der Waals surface area contributed by atoms with Crippen LogP contribution >= 0.6 is 0 Å². The molecule has 0 spiro atoms. The van der Waals surface area contributed by atoms with Gasteiger partial charge in [0.1, 0.15) is 0 Å². The highest BCUT2D eigenvalue weighted by Crippen LogP contribution is 2.33. The van der Waals surface area contributed by atoms with Gasteiger partial charge in [-0.15, -0.1) is 0 Å². The van der Waals surface area contributed by atoms with E-state index in [1.165, 1.54) is 7.11 Å². The van der Waals surface area contributed by atoms with Crippen LogP contribution in [0, 0.1) is 17.8 Å². The molecule has 5 atom stereocenters. The first-order valence-electron chi connectivity index (χ1n) is 6.77. The van der Waals surface area contributed by atoms with E-state index in [2.05, 4.69) is 4.74 Å². The first kappa shape index (κ1) is 16.0. The zero-order valence-electron chi connectivity index (χ0n) is 12.7. The second-order valence-electron chi connectivity index (χ2n) is 5.57. The number of nitrogens with zero attached hydrogens (tertiary/aromatic N) is 1. The third kappa shape index (κ3) is 3.47. The van der Waals surface area contributed by atoms with E-state index in [0.29, 0.717) is 6.54 Å². The maximum absolute atomic E-state index is 12.5. The van der Waals surface area contributed by atoms with Crippen molar-refractivity contribution in [3.63, 3.8) is 0 Å². The van der Waals surface area contributed by atoms with Gasteiger partial charge in [-0.05, 0) is 19.8 Å². The number of carbonyl (C=O) groups excluding carboxylic acids is 2. The Morgan fingerprint density at radius 1 is 1.26 bits per heavy atom. The number of hydrogen-bond acceptors (Lipinski definition) is 4. The topological polar surface area (TPSA) is 55.8 Å². The summed E-state index contributed by atoms with van der Waals surface area (Å²) in [6.07, 6.45) is 0.0174. The first-order valence-corrected chi connectivity index (χ1v) is 6.77. The molecule has 1 aliphatic heterocycles. The first-order chi connectivity index (χ1) is 8.79. The smallest absolute Gasteiger partial charge is 0.310 e. The van der Waals surface area contributed by atoms with Gasteiger partial charge >= 0.3 is 5.97 Å². The summed E-state index contributed by atoms with van der Waals surface area (Å²) in [6, 6.07) is 0. The van der Waals surface area contributed by atoms with E-state index in [1.807, 2.05) is 20.8 Å². The molecule has 1 heterocycles. The molecule has 1 aliphatic rings. The van der Waals surface area contributed by atoms with Gasteiger partial charge in [-0.1, -0.05) is 13.8 Å². The molecule has 110 valence electrons. The number of carbonyl (C=O) groups is 2. The van der Waals surface area contributed by atoms with Crippen molar-refractivity contribution in [2.75, 3.05) is 20.7 Å². The monoisotopic (exact) mass is 271 g/mol. The number of amides is 1. The Bertz CT molecular complexity index is 344. The van der Waals surface area contributed by atoms with Crippen LogP contribution < -0.4 is 0 Å². The predicted molar refractivity (Wildman–Crippen MR) is 71.5 cm³/mol. The average molecular weight is 271 g/mol. The van der Waals surface area contributed by atoms with Crippen molar-refractivity contribution in [2.45, 2.75) is 39.9 Å². The largest absolute Gasteiger partial charge is 0.469 e. The summed E-state index contributed by atoms with van der Waals surface area (Å²) in [5, 5.41) is 0. The fourth-order valence-corrected chi connectivity index (χ4v) is 2.72. The van der Waals surface area contributed by atoms with Gasteiger partial charge in [0.25, 0.3) is 0 Å². The van der Waals surface area contributed by atoms with Crippen LogP contribution in [-0.2, 0) is 19.1 Å². The summed E-state index contributed by atoms with van der Waals surface area (Å²) in [6.45, 7) is 8.09. The van der Waals surface area contributed by atoms with Gasteiger partial charge < -0.3 is 14.4 Å². The fourth-order valence-electron chi connectivity index (χ4n) is 2.72. The van der Waals surface area contributed by atoms with Gasteiger partial charge in [-0.3, -0.25) is 9.59 Å². The highest BCUT2D eigenvalue weighted by atomic mass is 16.5. The molecule has 0 aliphatic carbocycles. The number of esters is 1. The van der Waals surface area contributed by atoms with Crippen LogP contribution in [0.1, 0.15) is 27.7 Å². The Morgan fingerprint density at radius 3 is 2.26 bits per heavy atom. The van der Waals surface area contributed by atoms with E-state index in [-0.39, 0.29) is 41.8 Å². The van der Waals surface area contributed by atoms with E-state index in [4.69, 9.17) is 4.74 Å². The minimum absolute atomic E-state index is 0.0418. The number of ether oxygens (including phenoxy) is 2. The average Bonchev–Trinajstić information content (AvgIpc) is 2.61. The zero-order valence-corrected chi connectivity index (χ0v) is 12.7. The van der Waals surface area contributed by atoms with Crippen LogP contribution in [0.15, 0.2) is 0 Å². The lowest BCUT2D eigenvalue weighted by Gasteiger charge is -2.26. The second-order valence-corrected chi connectivity index (χ2v) is 5.57. The third-order valence-electron chi connectivity index (χ3n) is 4.05. The Labute approximate surface area is 115 Å². The number of rotatable bonds is 4. The molecular weight excluding hydrogens is 246 g/mol. The standard InChI is InChI=1S/C14H25NO4/c1-8(14(17)18-6)7-15(5)13(16)12-9(2)10(3)19-11(12)4/h8-12H,7H2,1-6H3. The molecule has 5 nitrogen and oxygen atoms in total. The van der Waals surface area contributed by atoms with E-state index >= 15 is 0 Å². The fraction of sp³-hybridized carbons (Fsp3) is 0.857. The number of methoxy groups -OCH3 is 1. The van der Waals surface area contributed by atoms with Gasteiger partial charge in [-0.25, -0.2) is 0 Å². The van der Waals surface area contributed by atoms with Gasteiger partial charge in [-0.2, -0.15) is 0 Å². The molecule has 0 aromatic carbocycles. The van der Waals surface area contributed by atoms with Gasteiger partial charge in [0.2, 0.25) is 5.91 Å². The highest BCUT2D eigenvalue weighted by molar-refractivity contribution is 5.81. The van der Waals surface area contributed by atoms with Crippen LogP contribution in [0.2, 0.25) is 0 Å². The molecule has 5 unspecified atom stereocenters. The van der Waals surface area contributed by atoms with Crippen LogP contribution in [0.5, 0.6) is 0 Å². The lowest BCUT2D eigenvalue weighted by molar-refractivity contribution is -0.147. The van der Waals surface area contributed by atoms with Crippen LogP contribution in [0.4, 0.5) is 0 Å². The molecule has 0 radical (unpaired) electrons. The summed E-state index contributed by atoms with van der Waals surface area (Å²) < 4.78 is 10.4. The molecule has 1 saturated heterocycles. The molecule has 1 fully saturated rings. The maximum Gasteiger partial charge on any atom is 0.310 e. The van der Waals surface area contributed by atoms with E-state index < -0.39 is 0 Å². The molecule has 1 rings (SSSR count). The van der Waals surface area contributed by atoms with E-state index in [1.54, 1.807) is 18.9 Å². The Morgan fingerprint density at radius 2 is 1.84 bits per heavy atom. The SMILES string of the molecule is COC(=O)C(C)CN(C)C(=O)C1C(C)OC(C)C1C. The van der Waals surface area contributed by atoms with Crippen LogP contribution in [0.3, 0.4) is 0 Å². The summed E-state index contributed by atoms with van der Waals surface area (Å²) in [4.78, 5) is 25.5. The van der Waals surface area contributed by atoms with Crippen molar-refractivity contribution < 1.29 is 19.1 Å². The Balaban J connectivity index is 2.64. The van der Waals surface area contributed by atoms with Gasteiger partial charge in [0.15, 0.2) is 0 Å². The molecule has 0 aromatic heterocycles. The van der Waals surface area contributed by atoms with Crippen molar-refractivity contribution in [1.29, 1.82) is 0 Å². The van der Waals surface area contributed by atoms with Crippen LogP contribution in [0.25, 0.3) is 0 Å². The Hall–Kier alpha value is -1.10. The minimum Gasteiger partial charge on any atom is -0.469 e. The lowest BCUT2D eigenvalue weighted by atomic mass is 9.88. The minimum atomic E-state index is -0.315. The lowest BCUT2D eigenvalue weighted by Crippen LogP contribution is -2.41. The molecule has 5 heteroatoms. The van der Waals surface area contributed by atoms with Crippen molar-refractivity contribution in [3.8, 4) is 0 Å². The molecule has 0 N–H and O–H groups in total. The Kier molecular flexibility index (Phi) is 5.35. The van der Waals surface area contributed by atoms with E-state index in [9.17, 15) is 9.59 Å². The van der Waals surface area contributed by atoms with Crippen molar-refractivity contribution in [2.24, 2.45) is 17.8 Å². The quantitative estimate of drug-likeness (QED) is 0.724. The van der Waals surface area contributed by atoms with E-state index in [0.717, 1.165) is 0 Å². The molecule has 19 heavy (non-hydrogen) atoms. The summed E-state index contributed by atoms with van der Waals surface area (Å²) in [7, 11) is 3.08. The third-order valence-corrected chi connectivity index (χ3v) is 4.05. The molecule has 0 saturated carbocycles. The molecular formula is C14H25NO4. The van der Waals surface area contributed by atoms with Crippen molar-refractivity contribution >= 4 is 11.9 Å². The molecule has 0 bridgehead atoms. The molecule has 1 amide bonds. The van der Waals surface area contributed by atoms with Gasteiger partial charge in [0.05, 0.1) is 31.2 Å². The maximum atomic E-state index is 12.5. The van der Waals surface area contributed by atoms with Gasteiger partial charge in [0, 0.05) is 13.6 Å². The number of hydrogen-bond donors (Lipinski definition) is 0. The van der Waals surface area contributed by atoms with Crippen molar-refractivity contribution in [3.05, 3.63) is 0 Å². The highest BCUT2D eigenvalue weighted by Gasteiger charge is 2.42. The molecule has 0 aromatic rings. The summed E-state index contributed by atoms with van der Waals surface area (Å²) in [5.41, 5.74) is 0. The predicted octanol–water partition coefficient (Wildman–Crippen LogP) is 1.31. The summed E-state index contributed by atoms with van der Waals surface area (Å²) in [5.74, 6) is -0.510. The summed E-state index contributed by atoms with van der Waals surface area (Å²) >= 11 is 0. The normalized spacial score (nSPS) is 31.9. The zero-order chi connectivity index (χ0) is 14.7. The van der Waals surface area contributed by atoms with Crippen LogP contribution in [-0.4, -0.2) is 49.7 Å².